The summed E-state index contributed by atoms with van der Waals surface area (Å²) in [6.45, 7) is 1.78. The summed E-state index contributed by atoms with van der Waals surface area (Å²) >= 11 is 1.18. The highest BCUT2D eigenvalue weighted by Gasteiger charge is 2.13. The summed E-state index contributed by atoms with van der Waals surface area (Å²) < 4.78 is 10.7. The Balaban J connectivity index is 1.57. The van der Waals surface area contributed by atoms with Crippen LogP contribution < -0.4 is 10.1 Å². The van der Waals surface area contributed by atoms with Crippen molar-refractivity contribution in [2.24, 2.45) is 0 Å². The third-order valence-corrected chi connectivity index (χ3v) is 4.70. The molecule has 0 atom stereocenters. The number of ether oxygens (including phenoxy) is 1. The molecule has 3 aromatic rings. The number of methoxy groups -OCH3 is 1. The Morgan fingerprint density at radius 3 is 2.43 bits per heavy atom. The molecule has 0 aliphatic rings. The zero-order valence-corrected chi connectivity index (χ0v) is 16.3. The number of anilines is 1. The van der Waals surface area contributed by atoms with E-state index in [9.17, 15) is 9.59 Å². The smallest absolute Gasteiger partial charge is 0.277 e. The van der Waals surface area contributed by atoms with Crippen LogP contribution in [0.25, 0.3) is 11.5 Å². The van der Waals surface area contributed by atoms with Crippen LogP contribution in [0.5, 0.6) is 5.75 Å². The predicted octanol–water partition coefficient (Wildman–Crippen LogP) is 4.07. The normalized spacial score (nSPS) is 10.5. The van der Waals surface area contributed by atoms with Crippen molar-refractivity contribution in [2.75, 3.05) is 18.2 Å². The minimum absolute atomic E-state index is 0.0671. The Kier molecular flexibility index (Phi) is 6.44. The van der Waals surface area contributed by atoms with Gasteiger partial charge in [0.2, 0.25) is 11.8 Å². The lowest BCUT2D eigenvalue weighted by Crippen LogP contribution is -2.09. The number of hydrogen-bond acceptors (Lipinski definition) is 7. The topological polar surface area (TPSA) is 94.3 Å². The lowest BCUT2D eigenvalue weighted by atomic mass is 10.1. The van der Waals surface area contributed by atoms with E-state index in [1.165, 1.54) is 11.8 Å². The van der Waals surface area contributed by atoms with Gasteiger partial charge in [-0.2, -0.15) is 0 Å². The second-order valence-electron chi connectivity index (χ2n) is 5.79. The number of aromatic nitrogens is 2. The predicted molar refractivity (Wildman–Crippen MR) is 107 cm³/mol. The average molecular weight is 397 g/mol. The standard InChI is InChI=1S/C20H19N3O4S/c1-3-18(25)21-15-8-4-13(5-9-15)17(24)12-28-20-23-22-19(27-20)14-6-10-16(26-2)11-7-14/h4-11H,3,12H2,1-2H3,(H,21,25). The second-order valence-corrected chi connectivity index (χ2v) is 6.72. The largest absolute Gasteiger partial charge is 0.497 e. The third-order valence-electron chi connectivity index (χ3n) is 3.88. The maximum absolute atomic E-state index is 12.3. The first-order chi connectivity index (χ1) is 13.6. The van der Waals surface area contributed by atoms with E-state index in [4.69, 9.17) is 9.15 Å². The molecule has 0 saturated carbocycles. The van der Waals surface area contributed by atoms with Crippen molar-refractivity contribution in [3.05, 3.63) is 54.1 Å². The summed E-state index contributed by atoms with van der Waals surface area (Å²) in [4.78, 5) is 23.7. The van der Waals surface area contributed by atoms with E-state index >= 15 is 0 Å². The summed E-state index contributed by atoms with van der Waals surface area (Å²) in [6.07, 6.45) is 0.403. The van der Waals surface area contributed by atoms with Crippen LogP contribution in [0.4, 0.5) is 5.69 Å². The first-order valence-corrected chi connectivity index (χ1v) is 9.61. The lowest BCUT2D eigenvalue weighted by molar-refractivity contribution is -0.115. The van der Waals surface area contributed by atoms with Crippen molar-refractivity contribution >= 4 is 29.1 Å². The number of carbonyl (C=O) groups is 2. The van der Waals surface area contributed by atoms with Gasteiger partial charge in [0, 0.05) is 23.2 Å². The Labute approximate surface area is 166 Å². The first kappa shape index (κ1) is 19.6. The van der Waals surface area contributed by atoms with Crippen LogP contribution >= 0.6 is 11.8 Å². The van der Waals surface area contributed by atoms with E-state index in [2.05, 4.69) is 15.5 Å². The number of carbonyl (C=O) groups excluding carboxylic acids is 2. The van der Waals surface area contributed by atoms with Gasteiger partial charge in [-0.1, -0.05) is 18.7 Å². The van der Waals surface area contributed by atoms with Crippen molar-refractivity contribution in [3.63, 3.8) is 0 Å². The van der Waals surface area contributed by atoms with Gasteiger partial charge in [-0.15, -0.1) is 10.2 Å². The Morgan fingerprint density at radius 1 is 1.07 bits per heavy atom. The van der Waals surface area contributed by atoms with E-state index in [1.807, 2.05) is 24.3 Å². The fourth-order valence-electron chi connectivity index (χ4n) is 2.32. The molecule has 0 bridgehead atoms. The molecule has 0 radical (unpaired) electrons. The molecule has 0 aliphatic carbocycles. The monoisotopic (exact) mass is 397 g/mol. The van der Waals surface area contributed by atoms with Crippen molar-refractivity contribution in [1.82, 2.24) is 10.2 Å². The first-order valence-electron chi connectivity index (χ1n) is 8.63. The number of thioether (sulfide) groups is 1. The van der Waals surface area contributed by atoms with Gasteiger partial charge in [-0.05, 0) is 48.5 Å². The molecule has 3 rings (SSSR count). The Morgan fingerprint density at radius 2 is 1.79 bits per heavy atom. The zero-order valence-electron chi connectivity index (χ0n) is 15.5. The van der Waals surface area contributed by atoms with E-state index in [0.717, 1.165) is 11.3 Å². The summed E-state index contributed by atoms with van der Waals surface area (Å²) in [5.74, 6) is 1.16. The average Bonchev–Trinajstić information content (AvgIpc) is 3.21. The fraction of sp³-hybridized carbons (Fsp3) is 0.200. The molecule has 1 aromatic heterocycles. The molecular weight excluding hydrogens is 378 g/mol. The summed E-state index contributed by atoms with van der Waals surface area (Å²) in [5, 5.41) is 11.1. The minimum atomic E-state index is -0.0707. The highest BCUT2D eigenvalue weighted by Crippen LogP contribution is 2.25. The number of Topliss-reactive ketones (excluding diaryl/α,β-unsaturated/α-hetero) is 1. The number of nitrogens with one attached hydrogen (secondary N) is 1. The molecule has 1 heterocycles. The van der Waals surface area contributed by atoms with Crippen molar-refractivity contribution in [3.8, 4) is 17.2 Å². The molecule has 0 spiro atoms. The molecule has 0 saturated heterocycles. The molecular formula is C20H19N3O4S. The maximum atomic E-state index is 12.3. The van der Waals surface area contributed by atoms with Gasteiger partial charge in [-0.25, -0.2) is 0 Å². The molecule has 7 nitrogen and oxygen atoms in total. The van der Waals surface area contributed by atoms with Crippen LogP contribution in [0, 0.1) is 0 Å². The van der Waals surface area contributed by atoms with Gasteiger partial charge in [-0.3, -0.25) is 9.59 Å². The molecule has 2 aromatic carbocycles. The quantitative estimate of drug-likeness (QED) is 0.452. The van der Waals surface area contributed by atoms with Gasteiger partial charge in [0.05, 0.1) is 12.9 Å². The molecule has 28 heavy (non-hydrogen) atoms. The van der Waals surface area contributed by atoms with Crippen LogP contribution in [0.15, 0.2) is 58.2 Å². The van der Waals surface area contributed by atoms with Crippen LogP contribution in [-0.4, -0.2) is 34.8 Å². The van der Waals surface area contributed by atoms with Crippen LogP contribution in [0.3, 0.4) is 0 Å². The van der Waals surface area contributed by atoms with Crippen LogP contribution in [-0.2, 0) is 4.79 Å². The highest BCUT2D eigenvalue weighted by atomic mass is 32.2. The molecule has 1 amide bonds. The molecule has 0 fully saturated rings. The number of amides is 1. The van der Waals surface area contributed by atoms with Gasteiger partial charge in [0.15, 0.2) is 5.78 Å². The molecule has 144 valence electrons. The minimum Gasteiger partial charge on any atom is -0.497 e. The number of benzene rings is 2. The van der Waals surface area contributed by atoms with Crippen LogP contribution in [0.1, 0.15) is 23.7 Å². The highest BCUT2D eigenvalue weighted by molar-refractivity contribution is 7.99. The SMILES string of the molecule is CCC(=O)Nc1ccc(C(=O)CSc2nnc(-c3ccc(OC)cc3)o2)cc1. The summed E-state index contributed by atoms with van der Waals surface area (Å²) in [5.41, 5.74) is 1.99. The number of nitrogens with zero attached hydrogens (tertiary/aromatic N) is 2. The Bertz CT molecular complexity index is 952. The van der Waals surface area contributed by atoms with Gasteiger partial charge >= 0.3 is 0 Å². The molecule has 1 N–H and O–H groups in total. The van der Waals surface area contributed by atoms with E-state index < -0.39 is 0 Å². The number of ketones is 1. The lowest BCUT2D eigenvalue weighted by Gasteiger charge is -2.04. The van der Waals surface area contributed by atoms with Gasteiger partial charge in [0.1, 0.15) is 5.75 Å². The molecule has 8 heteroatoms. The van der Waals surface area contributed by atoms with E-state index in [0.29, 0.717) is 28.8 Å². The molecule has 0 unspecified atom stereocenters. The van der Waals surface area contributed by atoms with E-state index in [-0.39, 0.29) is 17.4 Å². The summed E-state index contributed by atoms with van der Waals surface area (Å²) in [7, 11) is 1.60. The van der Waals surface area contributed by atoms with E-state index in [1.54, 1.807) is 38.3 Å². The third kappa shape index (κ3) is 4.98. The Hall–Kier alpha value is -3.13. The van der Waals surface area contributed by atoms with Gasteiger partial charge < -0.3 is 14.5 Å². The summed E-state index contributed by atoms with van der Waals surface area (Å²) in [6, 6.07) is 14.1. The number of hydrogen-bond donors (Lipinski definition) is 1. The van der Waals surface area contributed by atoms with Gasteiger partial charge in [0.25, 0.3) is 5.22 Å². The number of rotatable bonds is 8. The fourth-order valence-corrected chi connectivity index (χ4v) is 2.98. The van der Waals surface area contributed by atoms with Crippen molar-refractivity contribution in [2.45, 2.75) is 18.6 Å². The van der Waals surface area contributed by atoms with Crippen LogP contribution in [0.2, 0.25) is 0 Å². The molecule has 0 aliphatic heterocycles. The second kappa shape index (κ2) is 9.18. The zero-order chi connectivity index (χ0) is 19.9. The van der Waals surface area contributed by atoms with Crippen molar-refractivity contribution < 1.29 is 18.7 Å². The van der Waals surface area contributed by atoms with Crippen molar-refractivity contribution in [1.29, 1.82) is 0 Å². The maximum Gasteiger partial charge on any atom is 0.277 e.